The van der Waals surface area contributed by atoms with Crippen LogP contribution in [0.4, 0.5) is 0 Å². The number of pyridine rings is 1. The highest BCUT2D eigenvalue weighted by Gasteiger charge is 2.19. The standard InChI is InChI=1S/C27H25N3O3/c1-19-16-23(20(2)30(19)26-14-8-9-15-28-26)24(31)18-33-25-13-7-6-12-22(25)27(32)29-17-21-10-4-3-5-11-21/h3-16H,17-18H2,1-2H3,(H,29,32). The number of nitrogens with one attached hydrogen (secondary N) is 1. The third-order valence-electron chi connectivity index (χ3n) is 5.40. The van der Waals surface area contributed by atoms with E-state index in [-0.39, 0.29) is 18.3 Å². The van der Waals surface area contributed by atoms with Crippen LogP contribution in [0.2, 0.25) is 0 Å². The molecule has 33 heavy (non-hydrogen) atoms. The fourth-order valence-electron chi connectivity index (χ4n) is 3.76. The van der Waals surface area contributed by atoms with Crippen LogP contribution in [0, 0.1) is 13.8 Å². The maximum Gasteiger partial charge on any atom is 0.255 e. The number of benzene rings is 2. The Kier molecular flexibility index (Phi) is 6.64. The summed E-state index contributed by atoms with van der Waals surface area (Å²) in [5.41, 5.74) is 3.68. The van der Waals surface area contributed by atoms with Gasteiger partial charge >= 0.3 is 0 Å². The Balaban J connectivity index is 1.46. The van der Waals surface area contributed by atoms with Gasteiger partial charge in [-0.3, -0.25) is 9.59 Å². The van der Waals surface area contributed by atoms with Crippen LogP contribution >= 0.6 is 0 Å². The van der Waals surface area contributed by atoms with E-state index in [1.165, 1.54) is 0 Å². The zero-order valence-corrected chi connectivity index (χ0v) is 18.6. The lowest BCUT2D eigenvalue weighted by Crippen LogP contribution is -2.24. The van der Waals surface area contributed by atoms with E-state index in [0.29, 0.717) is 23.4 Å². The fourth-order valence-corrected chi connectivity index (χ4v) is 3.76. The van der Waals surface area contributed by atoms with E-state index < -0.39 is 0 Å². The van der Waals surface area contributed by atoms with Crippen LogP contribution in [-0.4, -0.2) is 27.8 Å². The van der Waals surface area contributed by atoms with Crippen LogP contribution in [-0.2, 0) is 6.54 Å². The van der Waals surface area contributed by atoms with E-state index in [9.17, 15) is 9.59 Å². The lowest BCUT2D eigenvalue weighted by Gasteiger charge is -2.12. The zero-order chi connectivity index (χ0) is 23.2. The quantitative estimate of drug-likeness (QED) is 0.405. The molecule has 1 amide bonds. The second-order valence-corrected chi connectivity index (χ2v) is 7.68. The van der Waals surface area contributed by atoms with E-state index in [4.69, 9.17) is 4.74 Å². The number of rotatable bonds is 8. The predicted octanol–water partition coefficient (Wildman–Crippen LogP) is 4.68. The van der Waals surface area contributed by atoms with Gasteiger partial charge in [-0.2, -0.15) is 0 Å². The number of Topliss-reactive ketones (excluding diaryl/α,β-unsaturated/α-hetero) is 1. The van der Waals surface area contributed by atoms with Crippen LogP contribution in [0.1, 0.15) is 37.7 Å². The number of nitrogens with zero attached hydrogens (tertiary/aromatic N) is 2. The summed E-state index contributed by atoms with van der Waals surface area (Å²) in [5.74, 6) is 0.711. The van der Waals surface area contributed by atoms with Gasteiger partial charge in [-0.15, -0.1) is 0 Å². The molecule has 0 radical (unpaired) electrons. The van der Waals surface area contributed by atoms with Crippen molar-refractivity contribution in [1.82, 2.24) is 14.9 Å². The van der Waals surface area contributed by atoms with Crippen molar-refractivity contribution >= 4 is 11.7 Å². The largest absolute Gasteiger partial charge is 0.485 e. The SMILES string of the molecule is Cc1cc(C(=O)COc2ccccc2C(=O)NCc2ccccc2)c(C)n1-c1ccccn1. The lowest BCUT2D eigenvalue weighted by molar-refractivity contribution is 0.0902. The van der Waals surface area contributed by atoms with Gasteiger partial charge in [0.15, 0.2) is 6.61 Å². The van der Waals surface area contributed by atoms with Gasteiger partial charge < -0.3 is 14.6 Å². The smallest absolute Gasteiger partial charge is 0.255 e. The summed E-state index contributed by atoms with van der Waals surface area (Å²) in [6, 6.07) is 24.1. The topological polar surface area (TPSA) is 73.2 Å². The Labute approximate surface area is 192 Å². The predicted molar refractivity (Wildman–Crippen MR) is 127 cm³/mol. The normalized spacial score (nSPS) is 10.6. The summed E-state index contributed by atoms with van der Waals surface area (Å²) < 4.78 is 7.74. The highest BCUT2D eigenvalue weighted by atomic mass is 16.5. The molecule has 0 saturated carbocycles. The Hall–Kier alpha value is -4.19. The van der Waals surface area contributed by atoms with Crippen molar-refractivity contribution < 1.29 is 14.3 Å². The number of ketones is 1. The average Bonchev–Trinajstić information content (AvgIpc) is 3.16. The number of carbonyl (C=O) groups is 2. The molecule has 6 nitrogen and oxygen atoms in total. The third kappa shape index (κ3) is 5.01. The van der Waals surface area contributed by atoms with Gasteiger partial charge in [-0.05, 0) is 49.7 Å². The second-order valence-electron chi connectivity index (χ2n) is 7.68. The first-order valence-electron chi connectivity index (χ1n) is 10.7. The van der Waals surface area contributed by atoms with Gasteiger partial charge in [0.25, 0.3) is 5.91 Å². The summed E-state index contributed by atoms with van der Waals surface area (Å²) in [5, 5.41) is 2.90. The van der Waals surface area contributed by atoms with Crippen molar-refractivity contribution in [2.75, 3.05) is 6.61 Å². The minimum atomic E-state index is -0.254. The number of hydrogen-bond acceptors (Lipinski definition) is 4. The molecule has 0 aliphatic rings. The number of carbonyl (C=O) groups excluding carboxylic acids is 2. The molecule has 0 fully saturated rings. The van der Waals surface area contributed by atoms with Crippen LogP contribution in [0.5, 0.6) is 5.75 Å². The molecule has 1 N–H and O–H groups in total. The first-order valence-corrected chi connectivity index (χ1v) is 10.7. The van der Waals surface area contributed by atoms with Crippen LogP contribution in [0.15, 0.2) is 85.1 Å². The molecular weight excluding hydrogens is 414 g/mol. The Morgan fingerprint density at radius 2 is 1.64 bits per heavy atom. The Bertz CT molecular complexity index is 1260. The van der Waals surface area contributed by atoms with Gasteiger partial charge in [0.05, 0.1) is 5.56 Å². The minimum absolute atomic E-state index is 0.162. The number of amides is 1. The molecule has 166 valence electrons. The van der Waals surface area contributed by atoms with Crippen LogP contribution in [0.3, 0.4) is 0 Å². The molecule has 0 unspecified atom stereocenters. The molecule has 0 aliphatic carbocycles. The Morgan fingerprint density at radius 1 is 0.909 bits per heavy atom. The first kappa shape index (κ1) is 22.0. The van der Waals surface area contributed by atoms with E-state index in [1.54, 1.807) is 30.5 Å². The molecule has 2 heterocycles. The van der Waals surface area contributed by atoms with E-state index in [0.717, 1.165) is 22.8 Å². The zero-order valence-electron chi connectivity index (χ0n) is 18.6. The van der Waals surface area contributed by atoms with Crippen molar-refractivity contribution in [3.8, 4) is 11.6 Å². The molecule has 4 rings (SSSR count). The van der Waals surface area contributed by atoms with Crippen molar-refractivity contribution in [2.45, 2.75) is 20.4 Å². The fraction of sp³-hybridized carbons (Fsp3) is 0.148. The highest BCUT2D eigenvalue weighted by molar-refractivity contribution is 5.99. The van der Waals surface area contributed by atoms with Gasteiger partial charge in [0.2, 0.25) is 5.78 Å². The van der Waals surface area contributed by atoms with Gasteiger partial charge in [-0.25, -0.2) is 4.98 Å². The number of hydrogen-bond donors (Lipinski definition) is 1. The first-order chi connectivity index (χ1) is 16.0. The molecular formula is C27H25N3O3. The molecule has 4 aromatic rings. The third-order valence-corrected chi connectivity index (χ3v) is 5.40. The number of ether oxygens (including phenoxy) is 1. The second kappa shape index (κ2) is 9.96. The van der Waals surface area contributed by atoms with Crippen molar-refractivity contribution in [2.24, 2.45) is 0 Å². The molecule has 0 spiro atoms. The molecule has 2 aromatic carbocycles. The van der Waals surface area contributed by atoms with Crippen LogP contribution in [0.25, 0.3) is 5.82 Å². The summed E-state index contributed by atoms with van der Waals surface area (Å²) >= 11 is 0. The van der Waals surface area contributed by atoms with E-state index >= 15 is 0 Å². The minimum Gasteiger partial charge on any atom is -0.485 e. The van der Waals surface area contributed by atoms with E-state index in [2.05, 4.69) is 10.3 Å². The Morgan fingerprint density at radius 3 is 2.39 bits per heavy atom. The monoisotopic (exact) mass is 439 g/mol. The molecule has 0 aliphatic heterocycles. The van der Waals surface area contributed by atoms with Gasteiger partial charge in [-0.1, -0.05) is 48.5 Å². The van der Waals surface area contributed by atoms with Crippen LogP contribution < -0.4 is 10.1 Å². The summed E-state index contributed by atoms with van der Waals surface area (Å²) in [4.78, 5) is 30.1. The van der Waals surface area contributed by atoms with E-state index in [1.807, 2.05) is 73.0 Å². The molecule has 0 bridgehead atoms. The lowest BCUT2D eigenvalue weighted by atomic mass is 10.1. The summed E-state index contributed by atoms with van der Waals surface area (Å²) in [6.07, 6.45) is 1.72. The molecule has 6 heteroatoms. The van der Waals surface area contributed by atoms with Gasteiger partial charge in [0.1, 0.15) is 11.6 Å². The summed E-state index contributed by atoms with van der Waals surface area (Å²) in [7, 11) is 0. The molecule has 0 saturated heterocycles. The molecule has 2 aromatic heterocycles. The number of aryl methyl sites for hydroxylation is 1. The van der Waals surface area contributed by atoms with Gasteiger partial charge in [0, 0.05) is 29.7 Å². The maximum absolute atomic E-state index is 13.0. The highest BCUT2D eigenvalue weighted by Crippen LogP contribution is 2.22. The number of para-hydroxylation sites is 1. The van der Waals surface area contributed by atoms with Crippen molar-refractivity contribution in [3.05, 3.63) is 113 Å². The maximum atomic E-state index is 13.0. The molecule has 0 atom stereocenters. The van der Waals surface area contributed by atoms with Crippen molar-refractivity contribution in [3.63, 3.8) is 0 Å². The summed E-state index contributed by atoms with van der Waals surface area (Å²) in [6.45, 7) is 4.06. The average molecular weight is 440 g/mol. The number of aromatic nitrogens is 2. The van der Waals surface area contributed by atoms with Crippen molar-refractivity contribution in [1.29, 1.82) is 0 Å².